The zero-order valence-electron chi connectivity index (χ0n) is 11.6. The number of hydrogen-bond donors (Lipinski definition) is 1. The quantitative estimate of drug-likeness (QED) is 0.685. The first-order valence-corrected chi connectivity index (χ1v) is 7.26. The van der Waals surface area contributed by atoms with E-state index >= 15 is 0 Å². The van der Waals surface area contributed by atoms with Gasteiger partial charge in [-0.2, -0.15) is 0 Å². The Hall–Kier alpha value is -1.17. The number of piperidine rings is 1. The summed E-state index contributed by atoms with van der Waals surface area (Å²) < 4.78 is 0. The molecule has 1 fully saturated rings. The van der Waals surface area contributed by atoms with Crippen LogP contribution in [0.3, 0.4) is 0 Å². The van der Waals surface area contributed by atoms with Gasteiger partial charge in [0.1, 0.15) is 5.02 Å². The molecule has 0 aliphatic carbocycles. The highest BCUT2D eigenvalue weighted by molar-refractivity contribution is 6.32. The van der Waals surface area contributed by atoms with Crippen LogP contribution >= 0.6 is 11.6 Å². The Morgan fingerprint density at radius 1 is 1.50 bits per heavy atom. The first-order valence-electron chi connectivity index (χ1n) is 6.88. The molecule has 0 saturated carbocycles. The highest BCUT2D eigenvalue weighted by atomic mass is 35.5. The second kappa shape index (κ2) is 6.52. The zero-order valence-corrected chi connectivity index (χ0v) is 12.3. The Kier molecular flexibility index (Phi) is 4.96. The van der Waals surface area contributed by atoms with E-state index in [9.17, 15) is 10.1 Å². The summed E-state index contributed by atoms with van der Waals surface area (Å²) in [6.07, 6.45) is 2.22. The third kappa shape index (κ3) is 3.69. The van der Waals surface area contributed by atoms with E-state index in [2.05, 4.69) is 11.8 Å². The van der Waals surface area contributed by atoms with Crippen LogP contribution in [0.5, 0.6) is 0 Å². The molecule has 1 aromatic carbocycles. The molecular formula is C14H20ClN3O2. The summed E-state index contributed by atoms with van der Waals surface area (Å²) >= 11 is 5.93. The normalized spacial score (nSPS) is 18.9. The minimum Gasteiger partial charge on any atom is -0.328 e. The van der Waals surface area contributed by atoms with Crippen LogP contribution in [0.2, 0.25) is 5.02 Å². The lowest BCUT2D eigenvalue weighted by molar-refractivity contribution is -0.384. The van der Waals surface area contributed by atoms with Gasteiger partial charge in [0.25, 0.3) is 5.69 Å². The van der Waals surface area contributed by atoms with Crippen LogP contribution in [0.4, 0.5) is 5.69 Å². The number of hydrogen-bond acceptors (Lipinski definition) is 4. The molecular weight excluding hydrogens is 278 g/mol. The van der Waals surface area contributed by atoms with Crippen molar-refractivity contribution in [3.8, 4) is 0 Å². The van der Waals surface area contributed by atoms with Gasteiger partial charge < -0.3 is 5.73 Å². The molecule has 1 heterocycles. The van der Waals surface area contributed by atoms with Gasteiger partial charge in [-0.3, -0.25) is 15.0 Å². The molecule has 6 heteroatoms. The van der Waals surface area contributed by atoms with Crippen LogP contribution in [-0.4, -0.2) is 29.0 Å². The number of benzene rings is 1. The predicted molar refractivity (Wildman–Crippen MR) is 79.8 cm³/mol. The maximum Gasteiger partial charge on any atom is 0.287 e. The number of likely N-dealkylation sites (tertiary alicyclic amines) is 1. The Labute approximate surface area is 123 Å². The van der Waals surface area contributed by atoms with Crippen molar-refractivity contribution in [3.63, 3.8) is 0 Å². The van der Waals surface area contributed by atoms with E-state index in [0.29, 0.717) is 5.92 Å². The Morgan fingerprint density at radius 3 is 2.65 bits per heavy atom. The van der Waals surface area contributed by atoms with E-state index < -0.39 is 4.92 Å². The van der Waals surface area contributed by atoms with Crippen molar-refractivity contribution in [3.05, 3.63) is 38.9 Å². The van der Waals surface area contributed by atoms with E-state index in [4.69, 9.17) is 17.3 Å². The van der Waals surface area contributed by atoms with E-state index in [-0.39, 0.29) is 16.8 Å². The third-order valence-electron chi connectivity index (χ3n) is 3.99. The van der Waals surface area contributed by atoms with Gasteiger partial charge in [0.2, 0.25) is 0 Å². The molecule has 0 amide bonds. The summed E-state index contributed by atoms with van der Waals surface area (Å²) in [5, 5.41) is 10.9. The lowest BCUT2D eigenvalue weighted by Crippen LogP contribution is -2.39. The van der Waals surface area contributed by atoms with Crippen LogP contribution in [0.25, 0.3) is 0 Å². The molecule has 2 N–H and O–H groups in total. The zero-order chi connectivity index (χ0) is 14.7. The summed E-state index contributed by atoms with van der Waals surface area (Å²) in [6.45, 7) is 4.88. The van der Waals surface area contributed by atoms with Gasteiger partial charge in [-0.1, -0.05) is 17.7 Å². The van der Waals surface area contributed by atoms with Crippen molar-refractivity contribution in [2.45, 2.75) is 32.4 Å². The largest absolute Gasteiger partial charge is 0.328 e. The molecule has 0 aromatic heterocycles. The monoisotopic (exact) mass is 297 g/mol. The van der Waals surface area contributed by atoms with Crippen molar-refractivity contribution in [1.29, 1.82) is 0 Å². The number of nitrogens with two attached hydrogens (primary N) is 1. The lowest BCUT2D eigenvalue weighted by atomic mass is 9.91. The SMILES string of the molecule is CC(N)C1CCN(Cc2ccc([N+](=O)[O-])c(Cl)c2)CC1. The van der Waals surface area contributed by atoms with Crippen LogP contribution in [-0.2, 0) is 6.54 Å². The molecule has 0 bridgehead atoms. The molecule has 110 valence electrons. The topological polar surface area (TPSA) is 72.4 Å². The fourth-order valence-electron chi connectivity index (χ4n) is 2.69. The van der Waals surface area contributed by atoms with E-state index in [1.54, 1.807) is 12.1 Å². The molecule has 1 atom stereocenters. The Balaban J connectivity index is 1.95. The summed E-state index contributed by atoms with van der Waals surface area (Å²) in [5.41, 5.74) is 6.91. The highest BCUT2D eigenvalue weighted by Crippen LogP contribution is 2.26. The standard InChI is InChI=1S/C14H20ClN3O2/c1-10(16)12-4-6-17(7-5-12)9-11-2-3-14(18(19)20)13(15)8-11/h2-3,8,10,12H,4-7,9,16H2,1H3. The summed E-state index contributed by atoms with van der Waals surface area (Å²) in [6, 6.07) is 5.21. The average molecular weight is 298 g/mol. The van der Waals surface area contributed by atoms with Gasteiger partial charge in [0.05, 0.1) is 4.92 Å². The molecule has 1 aliphatic rings. The smallest absolute Gasteiger partial charge is 0.287 e. The fourth-order valence-corrected chi connectivity index (χ4v) is 2.96. The summed E-state index contributed by atoms with van der Waals surface area (Å²) in [5.74, 6) is 0.603. The molecule has 5 nitrogen and oxygen atoms in total. The molecule has 1 saturated heterocycles. The maximum absolute atomic E-state index is 10.7. The lowest BCUT2D eigenvalue weighted by Gasteiger charge is -2.33. The predicted octanol–water partition coefficient (Wildman–Crippen LogP) is 2.81. The molecule has 2 rings (SSSR count). The third-order valence-corrected chi connectivity index (χ3v) is 4.29. The highest BCUT2D eigenvalue weighted by Gasteiger charge is 2.22. The Bertz CT molecular complexity index is 485. The van der Waals surface area contributed by atoms with E-state index in [1.807, 2.05) is 0 Å². The van der Waals surface area contributed by atoms with Gasteiger partial charge in [-0.05, 0) is 50.4 Å². The van der Waals surface area contributed by atoms with Crippen molar-refractivity contribution in [2.24, 2.45) is 11.7 Å². The molecule has 0 spiro atoms. The molecule has 1 unspecified atom stereocenters. The minimum absolute atomic E-state index is 0.0360. The molecule has 20 heavy (non-hydrogen) atoms. The van der Waals surface area contributed by atoms with Gasteiger partial charge in [0.15, 0.2) is 0 Å². The van der Waals surface area contributed by atoms with Crippen LogP contribution < -0.4 is 5.73 Å². The van der Waals surface area contributed by atoms with Crippen molar-refractivity contribution in [2.75, 3.05) is 13.1 Å². The number of halogens is 1. The van der Waals surface area contributed by atoms with Gasteiger partial charge in [-0.25, -0.2) is 0 Å². The van der Waals surface area contributed by atoms with E-state index in [0.717, 1.165) is 38.0 Å². The molecule has 1 aromatic rings. The Morgan fingerprint density at radius 2 is 2.15 bits per heavy atom. The average Bonchev–Trinajstić information content (AvgIpc) is 2.39. The molecule has 0 radical (unpaired) electrons. The fraction of sp³-hybridized carbons (Fsp3) is 0.571. The minimum atomic E-state index is -0.458. The number of nitro benzene ring substituents is 1. The van der Waals surface area contributed by atoms with Crippen molar-refractivity contribution in [1.82, 2.24) is 4.90 Å². The van der Waals surface area contributed by atoms with Gasteiger partial charge >= 0.3 is 0 Å². The summed E-state index contributed by atoms with van der Waals surface area (Å²) in [7, 11) is 0. The summed E-state index contributed by atoms with van der Waals surface area (Å²) in [4.78, 5) is 12.6. The number of rotatable bonds is 4. The number of nitrogens with zero attached hydrogens (tertiary/aromatic N) is 2. The maximum atomic E-state index is 10.7. The first kappa shape index (κ1) is 15.2. The van der Waals surface area contributed by atoms with Crippen LogP contribution in [0.1, 0.15) is 25.3 Å². The molecule has 1 aliphatic heterocycles. The van der Waals surface area contributed by atoms with Crippen molar-refractivity contribution < 1.29 is 4.92 Å². The number of nitro groups is 1. The van der Waals surface area contributed by atoms with Crippen LogP contribution in [0, 0.1) is 16.0 Å². The van der Waals surface area contributed by atoms with Crippen molar-refractivity contribution >= 4 is 17.3 Å². The van der Waals surface area contributed by atoms with Gasteiger partial charge in [-0.15, -0.1) is 0 Å². The second-order valence-electron chi connectivity index (χ2n) is 5.52. The first-order chi connectivity index (χ1) is 9.47. The van der Waals surface area contributed by atoms with Gasteiger partial charge in [0, 0.05) is 18.7 Å². The van der Waals surface area contributed by atoms with E-state index in [1.165, 1.54) is 6.07 Å². The second-order valence-corrected chi connectivity index (χ2v) is 5.92. The van der Waals surface area contributed by atoms with Crippen LogP contribution in [0.15, 0.2) is 18.2 Å².